The Bertz CT molecular complexity index is 596. The lowest BCUT2D eigenvalue weighted by Crippen LogP contribution is -2.23. The molecule has 0 aliphatic heterocycles. The predicted octanol–water partition coefficient (Wildman–Crippen LogP) is 3.03. The van der Waals surface area contributed by atoms with Gasteiger partial charge in [0.2, 0.25) is 0 Å². The third kappa shape index (κ3) is 3.34. The van der Waals surface area contributed by atoms with E-state index >= 15 is 0 Å². The summed E-state index contributed by atoms with van der Waals surface area (Å²) in [6, 6.07) is 8.09. The number of nitrogens with one attached hydrogen (secondary N) is 1. The first-order chi connectivity index (χ1) is 9.06. The highest BCUT2D eigenvalue weighted by molar-refractivity contribution is 5.94. The van der Waals surface area contributed by atoms with Gasteiger partial charge in [-0.15, -0.1) is 0 Å². The van der Waals surface area contributed by atoms with Crippen LogP contribution >= 0.6 is 0 Å². The SMILES string of the molecule is O=C(NCc1ccc(F)cc1F)c1ccc(F)cc1. The normalized spacial score (nSPS) is 10.3. The Morgan fingerprint density at radius 1 is 0.947 bits per heavy atom. The van der Waals surface area contributed by atoms with E-state index < -0.39 is 23.4 Å². The maximum Gasteiger partial charge on any atom is 0.251 e. The van der Waals surface area contributed by atoms with Gasteiger partial charge in [0.15, 0.2) is 0 Å². The average molecular weight is 265 g/mol. The summed E-state index contributed by atoms with van der Waals surface area (Å²) in [6.45, 7) is -0.0671. The minimum atomic E-state index is -0.723. The molecule has 0 saturated carbocycles. The van der Waals surface area contributed by atoms with E-state index in [1.807, 2.05) is 0 Å². The van der Waals surface area contributed by atoms with Crippen LogP contribution in [-0.2, 0) is 6.54 Å². The van der Waals surface area contributed by atoms with Crippen LogP contribution in [0, 0.1) is 17.5 Å². The first kappa shape index (κ1) is 13.1. The van der Waals surface area contributed by atoms with Gasteiger partial charge in [-0.1, -0.05) is 6.07 Å². The van der Waals surface area contributed by atoms with Crippen molar-refractivity contribution in [1.82, 2.24) is 5.32 Å². The summed E-state index contributed by atoms with van der Waals surface area (Å²) in [6.07, 6.45) is 0. The van der Waals surface area contributed by atoms with Gasteiger partial charge in [0, 0.05) is 23.7 Å². The summed E-state index contributed by atoms with van der Waals surface area (Å²) in [5.41, 5.74) is 0.445. The molecule has 0 aromatic heterocycles. The third-order valence-corrected chi connectivity index (χ3v) is 2.56. The lowest BCUT2D eigenvalue weighted by molar-refractivity contribution is 0.0950. The summed E-state index contributed by atoms with van der Waals surface area (Å²) < 4.78 is 38.7. The van der Waals surface area contributed by atoms with Gasteiger partial charge in [-0.05, 0) is 30.3 Å². The number of carbonyl (C=O) groups excluding carboxylic acids is 1. The minimum Gasteiger partial charge on any atom is -0.348 e. The van der Waals surface area contributed by atoms with Crippen molar-refractivity contribution in [1.29, 1.82) is 0 Å². The molecule has 0 fully saturated rings. The van der Waals surface area contributed by atoms with Gasteiger partial charge in [0.1, 0.15) is 17.5 Å². The number of rotatable bonds is 3. The molecular weight excluding hydrogens is 255 g/mol. The minimum absolute atomic E-state index is 0.0671. The third-order valence-electron chi connectivity index (χ3n) is 2.56. The molecule has 5 heteroatoms. The van der Waals surface area contributed by atoms with Crippen LogP contribution in [0.2, 0.25) is 0 Å². The van der Waals surface area contributed by atoms with Crippen LogP contribution in [0.5, 0.6) is 0 Å². The molecule has 0 heterocycles. The Hall–Kier alpha value is -2.30. The van der Waals surface area contributed by atoms with E-state index in [1.165, 1.54) is 18.2 Å². The highest BCUT2D eigenvalue weighted by Gasteiger charge is 2.08. The van der Waals surface area contributed by atoms with E-state index in [1.54, 1.807) is 0 Å². The molecule has 2 nitrogen and oxygen atoms in total. The zero-order valence-corrected chi connectivity index (χ0v) is 9.79. The first-order valence-corrected chi connectivity index (χ1v) is 5.54. The summed E-state index contributed by atoms with van der Waals surface area (Å²) >= 11 is 0. The summed E-state index contributed by atoms with van der Waals surface area (Å²) in [5, 5.41) is 2.47. The molecule has 2 rings (SSSR count). The summed E-state index contributed by atoms with van der Waals surface area (Å²) in [7, 11) is 0. The molecule has 0 atom stereocenters. The largest absolute Gasteiger partial charge is 0.348 e. The summed E-state index contributed by atoms with van der Waals surface area (Å²) in [5.74, 6) is -2.30. The number of benzene rings is 2. The van der Waals surface area contributed by atoms with Crippen molar-refractivity contribution in [2.45, 2.75) is 6.54 Å². The van der Waals surface area contributed by atoms with Crippen LogP contribution in [0.25, 0.3) is 0 Å². The van der Waals surface area contributed by atoms with E-state index in [2.05, 4.69) is 5.32 Å². The van der Waals surface area contributed by atoms with Crippen molar-refractivity contribution in [3.63, 3.8) is 0 Å². The number of hydrogen-bond acceptors (Lipinski definition) is 1. The fraction of sp³-hybridized carbons (Fsp3) is 0.0714. The Morgan fingerprint density at radius 3 is 2.21 bits per heavy atom. The van der Waals surface area contributed by atoms with Crippen LogP contribution in [0.15, 0.2) is 42.5 Å². The van der Waals surface area contributed by atoms with Gasteiger partial charge in [-0.25, -0.2) is 13.2 Å². The Balaban J connectivity index is 2.02. The van der Waals surface area contributed by atoms with E-state index in [9.17, 15) is 18.0 Å². The monoisotopic (exact) mass is 265 g/mol. The Kier molecular flexibility index (Phi) is 3.85. The van der Waals surface area contributed by atoms with Gasteiger partial charge in [0.25, 0.3) is 5.91 Å². The molecule has 1 N–H and O–H groups in total. The predicted molar refractivity (Wildman–Crippen MR) is 63.9 cm³/mol. The second-order valence-corrected chi connectivity index (χ2v) is 3.93. The number of carbonyl (C=O) groups is 1. The van der Waals surface area contributed by atoms with Gasteiger partial charge >= 0.3 is 0 Å². The molecule has 0 saturated heterocycles. The van der Waals surface area contributed by atoms with E-state index in [0.29, 0.717) is 0 Å². The molecule has 98 valence electrons. The maximum atomic E-state index is 13.3. The van der Waals surface area contributed by atoms with Crippen molar-refractivity contribution in [3.8, 4) is 0 Å². The molecular formula is C14H10F3NO. The standard InChI is InChI=1S/C14H10F3NO/c15-11-4-1-9(2-5-11)14(19)18-8-10-3-6-12(16)7-13(10)17/h1-7H,8H2,(H,18,19). The first-order valence-electron chi connectivity index (χ1n) is 5.54. The fourth-order valence-electron chi connectivity index (χ4n) is 1.54. The molecule has 0 aliphatic rings. The number of halogens is 3. The highest BCUT2D eigenvalue weighted by atomic mass is 19.1. The van der Waals surface area contributed by atoms with Gasteiger partial charge in [0.05, 0.1) is 0 Å². The number of amides is 1. The molecule has 1 amide bonds. The van der Waals surface area contributed by atoms with Crippen LogP contribution in [0.4, 0.5) is 13.2 Å². The van der Waals surface area contributed by atoms with Crippen molar-refractivity contribution >= 4 is 5.91 Å². The van der Waals surface area contributed by atoms with Crippen molar-refractivity contribution < 1.29 is 18.0 Å². The van der Waals surface area contributed by atoms with Crippen molar-refractivity contribution in [2.75, 3.05) is 0 Å². The molecule has 2 aromatic carbocycles. The van der Waals surface area contributed by atoms with Gasteiger partial charge < -0.3 is 5.32 Å². The van der Waals surface area contributed by atoms with E-state index in [-0.39, 0.29) is 17.7 Å². The molecule has 2 aromatic rings. The van der Waals surface area contributed by atoms with Crippen LogP contribution in [0.1, 0.15) is 15.9 Å². The molecule has 0 radical (unpaired) electrons. The number of hydrogen-bond donors (Lipinski definition) is 1. The lowest BCUT2D eigenvalue weighted by Gasteiger charge is -2.06. The van der Waals surface area contributed by atoms with E-state index in [0.717, 1.165) is 24.3 Å². The van der Waals surface area contributed by atoms with Gasteiger partial charge in [-0.2, -0.15) is 0 Å². The van der Waals surface area contributed by atoms with Crippen molar-refractivity contribution in [2.24, 2.45) is 0 Å². The Morgan fingerprint density at radius 2 is 1.58 bits per heavy atom. The lowest BCUT2D eigenvalue weighted by atomic mass is 10.2. The summed E-state index contributed by atoms with van der Waals surface area (Å²) in [4.78, 5) is 11.7. The zero-order chi connectivity index (χ0) is 13.8. The van der Waals surface area contributed by atoms with E-state index in [4.69, 9.17) is 0 Å². The topological polar surface area (TPSA) is 29.1 Å². The molecule has 0 unspecified atom stereocenters. The van der Waals surface area contributed by atoms with Crippen LogP contribution in [0.3, 0.4) is 0 Å². The second-order valence-electron chi connectivity index (χ2n) is 3.93. The maximum absolute atomic E-state index is 13.3. The fourth-order valence-corrected chi connectivity index (χ4v) is 1.54. The Labute approximate surface area is 107 Å². The molecule has 0 aliphatic carbocycles. The molecule has 19 heavy (non-hydrogen) atoms. The van der Waals surface area contributed by atoms with Gasteiger partial charge in [-0.3, -0.25) is 4.79 Å². The smallest absolute Gasteiger partial charge is 0.251 e. The molecule has 0 bridgehead atoms. The van der Waals surface area contributed by atoms with Crippen LogP contribution in [-0.4, -0.2) is 5.91 Å². The second kappa shape index (κ2) is 5.56. The highest BCUT2D eigenvalue weighted by Crippen LogP contribution is 2.09. The zero-order valence-electron chi connectivity index (χ0n) is 9.79. The quantitative estimate of drug-likeness (QED) is 0.908. The average Bonchev–Trinajstić information content (AvgIpc) is 2.38. The molecule has 0 spiro atoms. The van der Waals surface area contributed by atoms with Crippen LogP contribution < -0.4 is 5.32 Å². The van der Waals surface area contributed by atoms with Crippen molar-refractivity contribution in [3.05, 3.63) is 71.0 Å².